The molecule has 5 nitrogen and oxygen atoms in total. The average Bonchev–Trinajstić information content (AvgIpc) is 3.67. The summed E-state index contributed by atoms with van der Waals surface area (Å²) in [6.45, 7) is 10.0. The molecule has 0 bridgehead atoms. The third-order valence-electron chi connectivity index (χ3n) is 3.81. The van der Waals surface area contributed by atoms with Crippen LogP contribution in [0.4, 0.5) is 0 Å². The maximum atomic E-state index is 8.00. The van der Waals surface area contributed by atoms with E-state index < -0.39 is 0 Å². The maximum absolute atomic E-state index is 8.00. The van der Waals surface area contributed by atoms with Crippen molar-refractivity contribution < 1.29 is 45.0 Å². The molecule has 0 N–H and O–H groups in total. The Morgan fingerprint density at radius 1 is 0.485 bits per heavy atom. The van der Waals surface area contributed by atoms with E-state index in [1.807, 2.05) is 33.9 Å². The van der Waals surface area contributed by atoms with Gasteiger partial charge in [-0.25, -0.2) is 0 Å². The molecular weight excluding hydrogens is 675 g/mol. The van der Waals surface area contributed by atoms with E-state index in [2.05, 4.69) is 101 Å². The zero-order valence-corrected chi connectivity index (χ0v) is 23.3. The topological polar surface area (TPSA) is 85.3 Å². The van der Waals surface area contributed by atoms with Gasteiger partial charge >= 0.3 is 0 Å². The van der Waals surface area contributed by atoms with Crippen LogP contribution in [0.25, 0.3) is 10.6 Å². The Morgan fingerprint density at radius 2 is 0.788 bits per heavy atom. The minimum Gasteiger partial charge on any atom is -0.307 e. The molecule has 0 spiro atoms. The summed E-state index contributed by atoms with van der Waals surface area (Å²) in [5.41, 5.74) is 2.70. The molecule has 0 unspecified atom stereocenters. The van der Waals surface area contributed by atoms with Crippen molar-refractivity contribution in [3.63, 3.8) is 0 Å². The third-order valence-corrected chi connectivity index (χ3v) is 7.31. The number of halogens is 1. The Bertz CT molecular complexity index is 881. The summed E-state index contributed by atoms with van der Waals surface area (Å²) in [5, 5.41) is 4.43. The second kappa shape index (κ2) is 22.5. The SMILES string of the molecule is Brc1ccccc1P1C(c2ccccc2)=C1c1ccccc1.C=O.C=O.C=O.C=O.C=O.[W]. The minimum atomic E-state index is -0.359. The minimum absolute atomic E-state index is 0. The maximum Gasteiger partial charge on any atom is 0.106 e. The van der Waals surface area contributed by atoms with Crippen molar-refractivity contribution >= 4 is 73.7 Å². The molecule has 0 aliphatic carbocycles. The summed E-state index contributed by atoms with van der Waals surface area (Å²) in [7, 11) is -0.359. The summed E-state index contributed by atoms with van der Waals surface area (Å²) >= 11 is 3.73. The van der Waals surface area contributed by atoms with Crippen molar-refractivity contribution in [3.8, 4) is 0 Å². The van der Waals surface area contributed by atoms with E-state index >= 15 is 0 Å². The van der Waals surface area contributed by atoms with E-state index in [9.17, 15) is 0 Å². The van der Waals surface area contributed by atoms with Gasteiger partial charge in [0.25, 0.3) is 0 Å². The van der Waals surface area contributed by atoms with Gasteiger partial charge in [0.2, 0.25) is 0 Å². The van der Waals surface area contributed by atoms with Crippen LogP contribution in [0.2, 0.25) is 0 Å². The van der Waals surface area contributed by atoms with Gasteiger partial charge in [-0.05, 0) is 30.4 Å². The van der Waals surface area contributed by atoms with Gasteiger partial charge < -0.3 is 24.0 Å². The van der Waals surface area contributed by atoms with Crippen molar-refractivity contribution in [2.24, 2.45) is 0 Å². The van der Waals surface area contributed by atoms with Gasteiger partial charge in [0, 0.05) is 36.2 Å². The zero-order chi connectivity index (χ0) is 24.9. The third kappa shape index (κ3) is 10.2. The fraction of sp³-hybridized carbons (Fsp3) is 0. The Labute approximate surface area is 218 Å². The number of carbonyl (C=O) groups excluding carboxylic acids is 5. The largest absolute Gasteiger partial charge is 0.307 e. The number of hydrogen-bond acceptors (Lipinski definition) is 5. The van der Waals surface area contributed by atoms with Crippen LogP contribution in [0.3, 0.4) is 0 Å². The molecule has 0 saturated carbocycles. The Hall–Kier alpha value is -2.65. The normalized spacial score (nSPS) is 10.1. The van der Waals surface area contributed by atoms with Gasteiger partial charge in [-0.2, -0.15) is 0 Å². The molecule has 0 saturated heterocycles. The number of carbonyl (C=O) groups is 5. The molecule has 0 fully saturated rings. The molecule has 4 rings (SSSR count). The van der Waals surface area contributed by atoms with Gasteiger partial charge in [0.05, 0.1) is 0 Å². The Kier molecular flexibility index (Phi) is 23.9. The zero-order valence-electron chi connectivity index (χ0n) is 17.9. The Balaban J connectivity index is -0.000000730. The summed E-state index contributed by atoms with van der Waals surface area (Å²) in [6.07, 6.45) is 0. The Morgan fingerprint density at radius 3 is 1.12 bits per heavy atom. The molecule has 8 heteroatoms. The van der Waals surface area contributed by atoms with Crippen LogP contribution in [-0.2, 0) is 45.0 Å². The molecule has 0 aromatic heterocycles. The smallest absolute Gasteiger partial charge is 0.106 e. The first-order chi connectivity index (χ1) is 15.9. The second-order valence-electron chi connectivity index (χ2n) is 5.22. The molecule has 0 radical (unpaired) electrons. The van der Waals surface area contributed by atoms with Crippen molar-refractivity contribution in [1.29, 1.82) is 0 Å². The van der Waals surface area contributed by atoms with Gasteiger partial charge in [0.1, 0.15) is 33.9 Å². The van der Waals surface area contributed by atoms with E-state index in [0.29, 0.717) is 0 Å². The number of hydrogen-bond donors (Lipinski definition) is 0. The summed E-state index contributed by atoms with van der Waals surface area (Å²) in [6, 6.07) is 30.1. The van der Waals surface area contributed by atoms with Crippen LogP contribution in [0.15, 0.2) is 89.4 Å². The molecule has 33 heavy (non-hydrogen) atoms. The van der Waals surface area contributed by atoms with E-state index in [1.165, 1.54) is 31.5 Å². The average molecular weight is 699 g/mol. The predicted molar refractivity (Wildman–Crippen MR) is 136 cm³/mol. The summed E-state index contributed by atoms with van der Waals surface area (Å²) < 4.78 is 1.21. The van der Waals surface area contributed by atoms with Crippen LogP contribution < -0.4 is 5.30 Å². The fourth-order valence-electron chi connectivity index (χ4n) is 2.76. The van der Waals surface area contributed by atoms with E-state index in [0.717, 1.165) is 0 Å². The molecule has 0 amide bonds. The fourth-order valence-corrected chi connectivity index (χ4v) is 6.14. The van der Waals surface area contributed by atoms with Crippen molar-refractivity contribution in [2.45, 2.75) is 0 Å². The molecule has 3 aromatic rings. The second-order valence-corrected chi connectivity index (χ2v) is 8.12. The van der Waals surface area contributed by atoms with Crippen LogP contribution in [0, 0.1) is 0 Å². The number of benzene rings is 3. The molecule has 172 valence electrons. The number of rotatable bonds is 3. The van der Waals surface area contributed by atoms with Crippen molar-refractivity contribution in [1.82, 2.24) is 0 Å². The van der Waals surface area contributed by atoms with Gasteiger partial charge in [0.15, 0.2) is 0 Å². The van der Waals surface area contributed by atoms with Crippen molar-refractivity contribution in [3.05, 3.63) is 101 Å². The van der Waals surface area contributed by atoms with Crippen LogP contribution in [0.1, 0.15) is 11.1 Å². The molecule has 1 heterocycles. The first-order valence-corrected chi connectivity index (χ1v) is 10.8. The van der Waals surface area contributed by atoms with Crippen molar-refractivity contribution in [2.75, 3.05) is 0 Å². The summed E-state index contributed by atoms with van der Waals surface area (Å²) in [5.74, 6) is 0. The first kappa shape index (κ1) is 34.9. The predicted octanol–water partition coefficient (Wildman–Crippen LogP) is 5.17. The molecule has 0 atom stereocenters. The van der Waals surface area contributed by atoms with Gasteiger partial charge in [-0.15, -0.1) is 0 Å². The molecular formula is C25H24BrO5PW. The first-order valence-electron chi connectivity index (χ1n) is 8.70. The van der Waals surface area contributed by atoms with E-state index in [4.69, 9.17) is 24.0 Å². The summed E-state index contributed by atoms with van der Waals surface area (Å²) in [4.78, 5) is 40.0. The van der Waals surface area contributed by atoms with Gasteiger partial charge in [-0.1, -0.05) is 94.8 Å². The van der Waals surface area contributed by atoms with E-state index in [-0.39, 0.29) is 29.0 Å². The molecule has 1 aliphatic rings. The standard InChI is InChI=1S/C20H14BrP.5CH2O.W/c21-17-13-7-8-14-18(17)22-19(15-9-3-1-4-10-15)20(22)16-11-5-2-6-12-16;5*1-2;/h1-14H;5*1H2;. The molecule has 3 aromatic carbocycles. The van der Waals surface area contributed by atoms with Crippen LogP contribution >= 0.6 is 23.9 Å². The van der Waals surface area contributed by atoms with Crippen LogP contribution in [-0.4, -0.2) is 33.9 Å². The van der Waals surface area contributed by atoms with E-state index in [1.54, 1.807) is 0 Å². The monoisotopic (exact) mass is 698 g/mol. The molecule has 1 aliphatic heterocycles. The van der Waals surface area contributed by atoms with Crippen LogP contribution in [0.5, 0.6) is 0 Å². The van der Waals surface area contributed by atoms with Gasteiger partial charge in [-0.3, -0.25) is 0 Å². The quantitative estimate of drug-likeness (QED) is 0.353.